The van der Waals surface area contributed by atoms with E-state index in [1.165, 1.54) is 0 Å². The Morgan fingerprint density at radius 2 is 1.73 bits per heavy atom. The third-order valence-electron chi connectivity index (χ3n) is 1.90. The van der Waals surface area contributed by atoms with Crippen LogP contribution in [0.4, 0.5) is 4.79 Å². The van der Waals surface area contributed by atoms with Crippen LogP contribution in [0.3, 0.4) is 0 Å². The molecular weight excluding hydrogens is 237 g/mol. The SMILES string of the molecule is [CH2-]CC(C[CH2-])N(C)C(=O)OC(C)(C)C.[Ni+2]. The van der Waals surface area contributed by atoms with Gasteiger partial charge in [-0.25, -0.2) is 4.79 Å². The normalized spacial score (nSPS) is 10.9. The van der Waals surface area contributed by atoms with Crippen LogP contribution in [0.15, 0.2) is 0 Å². The van der Waals surface area contributed by atoms with Gasteiger partial charge in [0.1, 0.15) is 5.60 Å². The van der Waals surface area contributed by atoms with Crippen molar-refractivity contribution in [1.82, 2.24) is 4.90 Å². The van der Waals surface area contributed by atoms with Crippen LogP contribution < -0.4 is 0 Å². The van der Waals surface area contributed by atoms with Gasteiger partial charge in [0.25, 0.3) is 0 Å². The van der Waals surface area contributed by atoms with Gasteiger partial charge in [-0.1, -0.05) is 0 Å². The topological polar surface area (TPSA) is 29.5 Å². The molecule has 0 aliphatic carbocycles. The molecule has 0 rings (SSSR count). The molecule has 0 heterocycles. The monoisotopic (exact) mass is 257 g/mol. The summed E-state index contributed by atoms with van der Waals surface area (Å²) in [4.78, 5) is 13.1. The molecule has 0 aromatic rings. The Labute approximate surface area is 103 Å². The van der Waals surface area contributed by atoms with Gasteiger partial charge in [0.2, 0.25) is 0 Å². The average molecular weight is 258 g/mol. The van der Waals surface area contributed by atoms with E-state index in [1.54, 1.807) is 11.9 Å². The Hall–Kier alpha value is -0.236. The second-order valence-electron chi connectivity index (χ2n) is 4.32. The molecule has 0 unspecified atom stereocenters. The number of hydrogen-bond acceptors (Lipinski definition) is 2. The molecular formula is C11H21NNiO2. The summed E-state index contributed by atoms with van der Waals surface area (Å²) in [7, 11) is 1.72. The van der Waals surface area contributed by atoms with Crippen molar-refractivity contribution >= 4 is 6.09 Å². The maximum absolute atomic E-state index is 11.6. The molecule has 4 heteroatoms. The van der Waals surface area contributed by atoms with Crippen molar-refractivity contribution in [1.29, 1.82) is 0 Å². The maximum Gasteiger partial charge on any atom is 2.00 e. The fourth-order valence-electron chi connectivity index (χ4n) is 1.01. The minimum absolute atomic E-state index is 0. The van der Waals surface area contributed by atoms with Crippen LogP contribution in [0, 0.1) is 13.8 Å². The van der Waals surface area contributed by atoms with E-state index in [-0.39, 0.29) is 28.6 Å². The third kappa shape index (κ3) is 6.78. The molecule has 0 atom stereocenters. The van der Waals surface area contributed by atoms with Gasteiger partial charge in [-0.15, -0.1) is 0 Å². The van der Waals surface area contributed by atoms with E-state index in [4.69, 9.17) is 4.74 Å². The summed E-state index contributed by atoms with van der Waals surface area (Å²) in [5, 5.41) is 0. The zero-order valence-corrected chi connectivity index (χ0v) is 11.0. The predicted molar refractivity (Wildman–Crippen MR) is 57.7 cm³/mol. The Bertz CT molecular complexity index is 186. The first-order chi connectivity index (χ1) is 6.31. The van der Waals surface area contributed by atoms with Gasteiger partial charge in [-0.05, 0) is 26.8 Å². The van der Waals surface area contributed by atoms with Gasteiger partial charge in [-0.2, -0.15) is 12.8 Å². The van der Waals surface area contributed by atoms with Crippen LogP contribution >= 0.6 is 0 Å². The number of hydrogen-bond donors (Lipinski definition) is 0. The summed E-state index contributed by atoms with van der Waals surface area (Å²) in [6.07, 6.45) is 0.994. The second-order valence-corrected chi connectivity index (χ2v) is 4.32. The van der Waals surface area contributed by atoms with Gasteiger partial charge < -0.3 is 23.5 Å². The largest absolute Gasteiger partial charge is 2.00 e. The number of carbonyl (C=O) groups is 1. The molecule has 0 aliphatic rings. The number of carbonyl (C=O) groups excluding carboxylic acids is 1. The molecule has 0 fully saturated rings. The minimum Gasteiger partial charge on any atom is -0.444 e. The first kappa shape index (κ1) is 17.2. The summed E-state index contributed by atoms with van der Waals surface area (Å²) in [5.41, 5.74) is -0.446. The average Bonchev–Trinajstić information content (AvgIpc) is 2.03. The predicted octanol–water partition coefficient (Wildman–Crippen LogP) is 2.67. The number of rotatable bonds is 3. The maximum atomic E-state index is 11.6. The summed E-state index contributed by atoms with van der Waals surface area (Å²) in [6, 6.07) is 0.0600. The van der Waals surface area contributed by atoms with E-state index < -0.39 is 5.60 Å². The molecule has 0 aromatic carbocycles. The van der Waals surface area contributed by atoms with Crippen LogP contribution in [-0.2, 0) is 21.2 Å². The molecule has 0 N–H and O–H groups in total. The minimum atomic E-state index is -0.446. The van der Waals surface area contributed by atoms with Crippen molar-refractivity contribution in [2.24, 2.45) is 0 Å². The standard InChI is InChI=1S/C11H21NO2.Ni/c1-7-9(8-2)12(6)10(13)14-11(3,4)5;/h9H,1-2,7-8H2,3-6H3;/q-2;+2. The summed E-state index contributed by atoms with van der Waals surface area (Å²) >= 11 is 0. The first-order valence-electron chi connectivity index (χ1n) is 4.86. The van der Waals surface area contributed by atoms with Crippen LogP contribution in [0.5, 0.6) is 0 Å². The zero-order valence-electron chi connectivity index (χ0n) is 9.99. The van der Waals surface area contributed by atoms with E-state index >= 15 is 0 Å². The third-order valence-corrected chi connectivity index (χ3v) is 1.90. The van der Waals surface area contributed by atoms with Crippen molar-refractivity contribution < 1.29 is 26.0 Å². The molecule has 3 nitrogen and oxygen atoms in total. The molecule has 15 heavy (non-hydrogen) atoms. The fraction of sp³-hybridized carbons (Fsp3) is 0.727. The number of amides is 1. The number of nitrogens with zero attached hydrogens (tertiary/aromatic N) is 1. The van der Waals surface area contributed by atoms with E-state index in [2.05, 4.69) is 13.8 Å². The van der Waals surface area contributed by atoms with Gasteiger partial charge >= 0.3 is 22.6 Å². The van der Waals surface area contributed by atoms with E-state index in [0.717, 1.165) is 0 Å². The summed E-state index contributed by atoms with van der Waals surface area (Å²) in [6.45, 7) is 13.1. The molecule has 92 valence electrons. The van der Waals surface area contributed by atoms with Crippen molar-refractivity contribution in [3.8, 4) is 0 Å². The molecule has 0 aliphatic heterocycles. The van der Waals surface area contributed by atoms with Gasteiger partial charge in [0, 0.05) is 7.05 Å². The summed E-state index contributed by atoms with van der Waals surface area (Å²) in [5.74, 6) is 0. The zero-order chi connectivity index (χ0) is 11.4. The van der Waals surface area contributed by atoms with Crippen LogP contribution in [0.25, 0.3) is 0 Å². The Balaban J connectivity index is 0. The van der Waals surface area contributed by atoms with E-state index in [0.29, 0.717) is 12.8 Å². The number of ether oxygens (including phenoxy) is 1. The van der Waals surface area contributed by atoms with Crippen molar-refractivity contribution in [2.45, 2.75) is 45.3 Å². The molecule has 0 saturated heterocycles. The molecule has 0 saturated carbocycles. The second kappa shape index (κ2) is 7.11. The molecule has 1 amide bonds. The summed E-state index contributed by atoms with van der Waals surface area (Å²) < 4.78 is 5.22. The Morgan fingerprint density at radius 3 is 2.00 bits per heavy atom. The Morgan fingerprint density at radius 1 is 1.33 bits per heavy atom. The fourth-order valence-corrected chi connectivity index (χ4v) is 1.01. The van der Waals surface area contributed by atoms with E-state index in [1.807, 2.05) is 20.8 Å². The van der Waals surface area contributed by atoms with Crippen LogP contribution in [0.2, 0.25) is 0 Å². The smallest absolute Gasteiger partial charge is 0.444 e. The van der Waals surface area contributed by atoms with Gasteiger partial charge in [-0.3, -0.25) is 0 Å². The van der Waals surface area contributed by atoms with E-state index in [9.17, 15) is 4.79 Å². The molecule has 0 bridgehead atoms. The van der Waals surface area contributed by atoms with Crippen molar-refractivity contribution in [3.63, 3.8) is 0 Å². The molecule has 0 spiro atoms. The van der Waals surface area contributed by atoms with Gasteiger partial charge in [0.05, 0.1) is 0 Å². The van der Waals surface area contributed by atoms with Gasteiger partial charge in [0.15, 0.2) is 0 Å². The van der Waals surface area contributed by atoms with Crippen molar-refractivity contribution in [3.05, 3.63) is 13.8 Å². The van der Waals surface area contributed by atoms with Crippen LogP contribution in [-0.4, -0.2) is 29.7 Å². The van der Waals surface area contributed by atoms with Crippen molar-refractivity contribution in [2.75, 3.05) is 7.05 Å². The molecule has 0 radical (unpaired) electrons. The molecule has 0 aromatic heterocycles. The Kier molecular flexibility index (Phi) is 8.13. The van der Waals surface area contributed by atoms with Crippen LogP contribution in [0.1, 0.15) is 33.6 Å². The first-order valence-corrected chi connectivity index (χ1v) is 4.86. The quantitative estimate of drug-likeness (QED) is 0.575.